The summed E-state index contributed by atoms with van der Waals surface area (Å²) in [5, 5.41) is 16.0. The van der Waals surface area contributed by atoms with E-state index in [1.807, 2.05) is 20.8 Å². The molecule has 1 amide bonds. The summed E-state index contributed by atoms with van der Waals surface area (Å²) >= 11 is 0. The first-order valence-electron chi connectivity index (χ1n) is 6.36. The number of carbonyl (C=O) groups is 2. The third-order valence-corrected chi connectivity index (χ3v) is 2.91. The van der Waals surface area contributed by atoms with Gasteiger partial charge in [0.15, 0.2) is 5.69 Å². The van der Waals surface area contributed by atoms with Crippen molar-refractivity contribution in [2.75, 3.05) is 13.1 Å². The van der Waals surface area contributed by atoms with Gasteiger partial charge in [0.25, 0.3) is 5.91 Å². The number of hydrogen-bond donors (Lipinski definition) is 1. The van der Waals surface area contributed by atoms with Crippen molar-refractivity contribution in [3.63, 3.8) is 0 Å². The Morgan fingerprint density at radius 3 is 2.85 bits per heavy atom. The lowest BCUT2D eigenvalue weighted by Crippen LogP contribution is -2.53. The highest BCUT2D eigenvalue weighted by atomic mass is 16.5. The first-order valence-corrected chi connectivity index (χ1v) is 6.36. The number of aromatic nitrogens is 3. The summed E-state index contributed by atoms with van der Waals surface area (Å²) in [5.41, 5.74) is -0.263. The highest BCUT2D eigenvalue weighted by molar-refractivity contribution is 5.92. The Bertz CT molecular complexity index is 525. The third-order valence-electron chi connectivity index (χ3n) is 2.91. The van der Waals surface area contributed by atoms with Crippen molar-refractivity contribution in [3.05, 3.63) is 11.9 Å². The minimum absolute atomic E-state index is 0.0586. The molecule has 1 unspecified atom stereocenters. The topological polar surface area (TPSA) is 97.6 Å². The minimum atomic E-state index is -1.03. The molecule has 1 atom stereocenters. The Morgan fingerprint density at radius 1 is 1.55 bits per heavy atom. The van der Waals surface area contributed by atoms with Crippen LogP contribution in [-0.2, 0) is 16.1 Å². The number of ether oxygens (including phenoxy) is 1. The summed E-state index contributed by atoms with van der Waals surface area (Å²) in [6.07, 6.45) is 1.29. The number of nitrogens with zero attached hydrogens (tertiary/aromatic N) is 4. The average molecular weight is 282 g/mol. The fraction of sp³-hybridized carbons (Fsp3) is 0.667. The van der Waals surface area contributed by atoms with Gasteiger partial charge in [-0.25, -0.2) is 4.68 Å². The largest absolute Gasteiger partial charge is 0.480 e. The van der Waals surface area contributed by atoms with Crippen LogP contribution in [0.2, 0.25) is 0 Å². The Balaban J connectivity index is 2.10. The number of carboxylic acids is 1. The van der Waals surface area contributed by atoms with Crippen LogP contribution in [0.1, 0.15) is 31.3 Å². The molecule has 0 aliphatic carbocycles. The van der Waals surface area contributed by atoms with E-state index in [1.165, 1.54) is 6.20 Å². The van der Waals surface area contributed by atoms with Gasteiger partial charge in [0.05, 0.1) is 17.9 Å². The van der Waals surface area contributed by atoms with Gasteiger partial charge < -0.3 is 14.7 Å². The monoisotopic (exact) mass is 282 g/mol. The number of carbonyl (C=O) groups excluding carboxylic acids is 1. The molecule has 0 aromatic carbocycles. The highest BCUT2D eigenvalue weighted by Gasteiger charge is 2.34. The molecule has 1 aromatic heterocycles. The smallest absolute Gasteiger partial charge is 0.325 e. The molecule has 1 aromatic rings. The van der Waals surface area contributed by atoms with Crippen molar-refractivity contribution in [2.45, 2.75) is 39.0 Å². The molecule has 0 bridgehead atoms. The van der Waals surface area contributed by atoms with E-state index in [-0.39, 0.29) is 24.2 Å². The van der Waals surface area contributed by atoms with Crippen LogP contribution in [0.15, 0.2) is 6.20 Å². The predicted octanol–water partition coefficient (Wildman–Crippen LogP) is 0.00220. The van der Waals surface area contributed by atoms with Crippen LogP contribution in [0.5, 0.6) is 0 Å². The summed E-state index contributed by atoms with van der Waals surface area (Å²) in [6, 6.07) is 0. The summed E-state index contributed by atoms with van der Waals surface area (Å²) in [6.45, 7) is 6.37. The zero-order chi connectivity index (χ0) is 14.9. The van der Waals surface area contributed by atoms with Crippen molar-refractivity contribution in [2.24, 2.45) is 0 Å². The van der Waals surface area contributed by atoms with Gasteiger partial charge in [-0.3, -0.25) is 9.59 Å². The predicted molar refractivity (Wildman–Crippen MR) is 68.2 cm³/mol. The Morgan fingerprint density at radius 2 is 2.25 bits per heavy atom. The number of amides is 1. The van der Waals surface area contributed by atoms with E-state index in [1.54, 1.807) is 4.90 Å². The van der Waals surface area contributed by atoms with Crippen LogP contribution in [0.3, 0.4) is 0 Å². The number of aliphatic carboxylic acids is 1. The first-order chi connectivity index (χ1) is 9.27. The zero-order valence-electron chi connectivity index (χ0n) is 11.7. The first kappa shape index (κ1) is 14.4. The van der Waals surface area contributed by atoms with Crippen molar-refractivity contribution in [1.82, 2.24) is 19.9 Å². The molecule has 20 heavy (non-hydrogen) atoms. The molecule has 1 aliphatic rings. The maximum absolute atomic E-state index is 12.3. The van der Waals surface area contributed by atoms with E-state index < -0.39 is 11.6 Å². The molecule has 0 spiro atoms. The lowest BCUT2D eigenvalue weighted by Gasteiger charge is -2.41. The van der Waals surface area contributed by atoms with Crippen molar-refractivity contribution >= 4 is 11.9 Å². The SMILES string of the molecule is CC1CN(C(=O)c2cn(CC(=O)O)nn2)CC(C)(C)O1. The van der Waals surface area contributed by atoms with E-state index in [9.17, 15) is 9.59 Å². The summed E-state index contributed by atoms with van der Waals surface area (Å²) < 4.78 is 6.86. The Hall–Kier alpha value is -1.96. The van der Waals surface area contributed by atoms with Gasteiger partial charge in [-0.15, -0.1) is 5.10 Å². The molecular weight excluding hydrogens is 264 g/mol. The van der Waals surface area contributed by atoms with Crippen LogP contribution in [0.4, 0.5) is 0 Å². The summed E-state index contributed by atoms with van der Waals surface area (Å²) in [5.74, 6) is -1.29. The van der Waals surface area contributed by atoms with Crippen molar-refractivity contribution in [3.8, 4) is 0 Å². The second-order valence-electron chi connectivity index (χ2n) is 5.57. The molecule has 8 nitrogen and oxygen atoms in total. The van der Waals surface area contributed by atoms with Gasteiger partial charge in [0.1, 0.15) is 6.54 Å². The van der Waals surface area contributed by atoms with Crippen molar-refractivity contribution < 1.29 is 19.4 Å². The molecule has 1 fully saturated rings. The van der Waals surface area contributed by atoms with E-state index in [2.05, 4.69) is 10.3 Å². The van der Waals surface area contributed by atoms with Crippen LogP contribution in [0.25, 0.3) is 0 Å². The number of hydrogen-bond acceptors (Lipinski definition) is 5. The lowest BCUT2D eigenvalue weighted by molar-refractivity contribution is -0.137. The molecule has 8 heteroatoms. The van der Waals surface area contributed by atoms with Gasteiger partial charge in [0.2, 0.25) is 0 Å². The van der Waals surface area contributed by atoms with E-state index in [4.69, 9.17) is 9.84 Å². The quantitative estimate of drug-likeness (QED) is 0.838. The molecule has 1 aliphatic heterocycles. The molecule has 2 heterocycles. The third kappa shape index (κ3) is 3.32. The van der Waals surface area contributed by atoms with Crippen LogP contribution in [0, 0.1) is 0 Å². The fourth-order valence-corrected chi connectivity index (χ4v) is 2.38. The lowest BCUT2D eigenvalue weighted by atomic mass is 10.1. The van der Waals surface area contributed by atoms with Gasteiger partial charge in [-0.2, -0.15) is 0 Å². The number of morpholine rings is 1. The van der Waals surface area contributed by atoms with Gasteiger partial charge in [-0.05, 0) is 20.8 Å². The second kappa shape index (κ2) is 5.20. The van der Waals surface area contributed by atoms with Gasteiger partial charge >= 0.3 is 5.97 Å². The normalized spacial score (nSPS) is 21.8. The Labute approximate surface area is 116 Å². The average Bonchev–Trinajstić information content (AvgIpc) is 2.72. The minimum Gasteiger partial charge on any atom is -0.480 e. The zero-order valence-corrected chi connectivity index (χ0v) is 11.7. The maximum atomic E-state index is 12.3. The number of rotatable bonds is 3. The second-order valence-corrected chi connectivity index (χ2v) is 5.57. The fourth-order valence-electron chi connectivity index (χ4n) is 2.38. The molecular formula is C12H18N4O4. The summed E-state index contributed by atoms with van der Waals surface area (Å²) in [7, 11) is 0. The van der Waals surface area contributed by atoms with Crippen LogP contribution < -0.4 is 0 Å². The van der Waals surface area contributed by atoms with Gasteiger partial charge in [-0.1, -0.05) is 5.21 Å². The van der Waals surface area contributed by atoms with Gasteiger partial charge in [0, 0.05) is 13.1 Å². The number of carboxylic acid groups (broad SMARTS) is 1. The summed E-state index contributed by atoms with van der Waals surface area (Å²) in [4.78, 5) is 24.6. The molecule has 1 saturated heterocycles. The molecule has 0 radical (unpaired) electrons. The molecule has 1 N–H and O–H groups in total. The van der Waals surface area contributed by atoms with E-state index in [0.717, 1.165) is 4.68 Å². The standard InChI is InChI=1S/C12H18N4O4/c1-8-4-15(7-12(2,3)20-8)11(19)9-5-16(14-13-9)6-10(17)18/h5,8H,4,6-7H2,1-3H3,(H,17,18). The van der Waals surface area contributed by atoms with E-state index >= 15 is 0 Å². The van der Waals surface area contributed by atoms with E-state index in [0.29, 0.717) is 13.1 Å². The molecule has 110 valence electrons. The van der Waals surface area contributed by atoms with Crippen LogP contribution >= 0.6 is 0 Å². The van der Waals surface area contributed by atoms with Crippen LogP contribution in [-0.4, -0.2) is 61.7 Å². The molecule has 2 rings (SSSR count). The van der Waals surface area contributed by atoms with Crippen molar-refractivity contribution in [1.29, 1.82) is 0 Å². The maximum Gasteiger partial charge on any atom is 0.325 e. The molecule has 0 saturated carbocycles. The highest BCUT2D eigenvalue weighted by Crippen LogP contribution is 2.21. The Kier molecular flexibility index (Phi) is 3.76.